The van der Waals surface area contributed by atoms with E-state index in [2.05, 4.69) is 241 Å². The van der Waals surface area contributed by atoms with Gasteiger partial charge in [0.25, 0.3) is 0 Å². The number of nitrogens with zero attached hydrogens (tertiary/aromatic N) is 1. The molecule has 0 unspecified atom stereocenters. The zero-order valence-corrected chi connectivity index (χ0v) is 33.9. The third-order valence-electron chi connectivity index (χ3n) is 12.5. The summed E-state index contributed by atoms with van der Waals surface area (Å²) in [5, 5.41) is 9.50. The van der Waals surface area contributed by atoms with Crippen LogP contribution < -0.4 is 4.90 Å². The smallest absolute Gasteiger partial charge is 0.159 e. The largest absolute Gasteiger partial charge is 0.453 e. The first-order valence-electron chi connectivity index (χ1n) is 21.3. The first kappa shape index (κ1) is 35.7. The number of hydrogen-bond donors (Lipinski definition) is 0. The monoisotopic (exact) mass is 789 g/mol. The summed E-state index contributed by atoms with van der Waals surface area (Å²) in [4.78, 5) is 2.36. The lowest BCUT2D eigenvalue weighted by molar-refractivity contribution is 0.673. The molecule has 12 rings (SSSR count). The van der Waals surface area contributed by atoms with Gasteiger partial charge in [-0.2, -0.15) is 0 Å². The molecule has 12 aromatic rings. The molecule has 0 aliphatic heterocycles. The molecule has 0 bridgehead atoms. The van der Waals surface area contributed by atoms with Gasteiger partial charge in [0.1, 0.15) is 5.58 Å². The summed E-state index contributed by atoms with van der Waals surface area (Å²) in [5.74, 6) is 0. The summed E-state index contributed by atoms with van der Waals surface area (Å²) in [5.41, 5.74) is 14.3. The summed E-state index contributed by atoms with van der Waals surface area (Å²) >= 11 is 0. The van der Waals surface area contributed by atoms with E-state index in [1.165, 1.54) is 49.4 Å². The van der Waals surface area contributed by atoms with E-state index >= 15 is 0 Å². The van der Waals surface area contributed by atoms with E-state index in [9.17, 15) is 0 Å². The average molecular weight is 790 g/mol. The fourth-order valence-electron chi connectivity index (χ4n) is 9.55. The van der Waals surface area contributed by atoms with Gasteiger partial charge in [0.05, 0.1) is 5.69 Å². The van der Waals surface area contributed by atoms with Gasteiger partial charge < -0.3 is 9.32 Å². The van der Waals surface area contributed by atoms with Crippen molar-refractivity contribution < 1.29 is 4.42 Å². The third kappa shape index (κ3) is 5.96. The van der Waals surface area contributed by atoms with Gasteiger partial charge >= 0.3 is 0 Å². The Balaban J connectivity index is 1.06. The molecular weight excluding hydrogens is 751 g/mol. The van der Waals surface area contributed by atoms with Crippen molar-refractivity contribution in [1.29, 1.82) is 0 Å². The zero-order chi connectivity index (χ0) is 41.0. The van der Waals surface area contributed by atoms with E-state index in [0.717, 1.165) is 66.5 Å². The highest BCUT2D eigenvalue weighted by atomic mass is 16.3. The van der Waals surface area contributed by atoms with Crippen molar-refractivity contribution in [1.82, 2.24) is 0 Å². The molecule has 290 valence electrons. The molecule has 0 saturated carbocycles. The standard InChI is InChI=1S/C60H39NO/c1-3-16-40(17-4-1)49-37-35-46(39-56(49)41-18-5-2-6-19-41)61(58-29-15-28-54-55-36-32-42-20-7-10-24-50(42)59(55)62-60(54)58)45-33-30-43(31-34-45)47-22-11-12-26-52(47)57-38-44-21-8-9-23-48(44)51-25-13-14-27-53(51)57/h1-39H. The second-order valence-corrected chi connectivity index (χ2v) is 16.0. The predicted molar refractivity (Wildman–Crippen MR) is 263 cm³/mol. The molecule has 0 aliphatic carbocycles. The number of furan rings is 1. The van der Waals surface area contributed by atoms with Crippen LogP contribution in [0.4, 0.5) is 17.1 Å². The molecule has 2 heteroatoms. The first-order chi connectivity index (χ1) is 30.8. The summed E-state index contributed by atoms with van der Waals surface area (Å²) in [6.45, 7) is 0. The molecule has 0 atom stereocenters. The molecule has 62 heavy (non-hydrogen) atoms. The number of rotatable bonds is 7. The number of anilines is 3. The first-order valence-corrected chi connectivity index (χ1v) is 21.3. The fraction of sp³-hybridized carbons (Fsp3) is 0. The van der Waals surface area contributed by atoms with Gasteiger partial charge in [0.2, 0.25) is 0 Å². The summed E-state index contributed by atoms with van der Waals surface area (Å²) in [7, 11) is 0. The Morgan fingerprint density at radius 3 is 1.58 bits per heavy atom. The van der Waals surface area contributed by atoms with Gasteiger partial charge in [-0.25, -0.2) is 0 Å². The van der Waals surface area contributed by atoms with Crippen molar-refractivity contribution in [3.63, 3.8) is 0 Å². The lowest BCUT2D eigenvalue weighted by atomic mass is 9.89. The third-order valence-corrected chi connectivity index (χ3v) is 12.5. The molecule has 0 saturated heterocycles. The lowest BCUT2D eigenvalue weighted by Gasteiger charge is -2.27. The Morgan fingerprint density at radius 1 is 0.258 bits per heavy atom. The number of hydrogen-bond acceptors (Lipinski definition) is 2. The van der Waals surface area contributed by atoms with E-state index in [1.54, 1.807) is 0 Å². The molecule has 0 N–H and O–H groups in total. The average Bonchev–Trinajstić information content (AvgIpc) is 3.75. The van der Waals surface area contributed by atoms with Crippen LogP contribution in [0.5, 0.6) is 0 Å². The van der Waals surface area contributed by atoms with E-state index in [4.69, 9.17) is 4.42 Å². The SMILES string of the molecule is c1ccc(-c2ccc(N(c3ccc(-c4ccccc4-c4cc5ccccc5c5ccccc45)cc3)c3cccc4c3oc3c5ccccc5ccc43)cc2-c2ccccc2)cc1. The van der Waals surface area contributed by atoms with Crippen LogP contribution in [-0.4, -0.2) is 0 Å². The quantitative estimate of drug-likeness (QED) is 0.150. The Hall–Kier alpha value is -8.20. The van der Waals surface area contributed by atoms with E-state index in [0.29, 0.717) is 0 Å². The molecular formula is C60H39NO. The normalized spacial score (nSPS) is 11.5. The van der Waals surface area contributed by atoms with Crippen molar-refractivity contribution in [2.24, 2.45) is 0 Å². The van der Waals surface area contributed by atoms with Crippen LogP contribution in [0.1, 0.15) is 0 Å². The number of para-hydroxylation sites is 1. The van der Waals surface area contributed by atoms with Crippen LogP contribution in [0.2, 0.25) is 0 Å². The molecule has 11 aromatic carbocycles. The minimum absolute atomic E-state index is 0.852. The van der Waals surface area contributed by atoms with Crippen LogP contribution in [0, 0.1) is 0 Å². The fourth-order valence-corrected chi connectivity index (χ4v) is 9.55. The predicted octanol–water partition coefficient (Wildman–Crippen LogP) is 17.2. The van der Waals surface area contributed by atoms with Gasteiger partial charge in [-0.1, -0.05) is 194 Å². The Kier molecular flexibility index (Phi) is 8.53. The second-order valence-electron chi connectivity index (χ2n) is 16.0. The Morgan fingerprint density at radius 2 is 0.806 bits per heavy atom. The lowest BCUT2D eigenvalue weighted by Crippen LogP contribution is -2.10. The topological polar surface area (TPSA) is 16.4 Å². The maximum absolute atomic E-state index is 7.01. The van der Waals surface area contributed by atoms with E-state index in [1.807, 2.05) is 0 Å². The Bertz CT molecular complexity index is 3620. The minimum Gasteiger partial charge on any atom is -0.453 e. The van der Waals surface area contributed by atoms with Crippen molar-refractivity contribution in [2.75, 3.05) is 4.90 Å². The maximum atomic E-state index is 7.01. The molecule has 0 fully saturated rings. The Labute approximate surface area is 360 Å². The van der Waals surface area contributed by atoms with Gasteiger partial charge in [-0.05, 0) is 114 Å². The van der Waals surface area contributed by atoms with Gasteiger partial charge in [0.15, 0.2) is 5.58 Å². The van der Waals surface area contributed by atoms with Crippen LogP contribution in [0.3, 0.4) is 0 Å². The highest BCUT2D eigenvalue weighted by molar-refractivity contribution is 6.18. The van der Waals surface area contributed by atoms with E-state index < -0.39 is 0 Å². The minimum atomic E-state index is 0.852. The molecule has 0 radical (unpaired) electrons. The van der Waals surface area contributed by atoms with Crippen molar-refractivity contribution >= 4 is 71.3 Å². The number of fused-ring (bicyclic) bond motifs is 8. The van der Waals surface area contributed by atoms with Crippen LogP contribution in [0.25, 0.3) is 98.8 Å². The highest BCUT2D eigenvalue weighted by Crippen LogP contribution is 2.47. The zero-order valence-electron chi connectivity index (χ0n) is 33.9. The van der Waals surface area contributed by atoms with Crippen molar-refractivity contribution in [2.45, 2.75) is 0 Å². The molecule has 0 aliphatic rings. The number of benzene rings is 11. The highest BCUT2D eigenvalue weighted by Gasteiger charge is 2.22. The summed E-state index contributed by atoms with van der Waals surface area (Å²) < 4.78 is 7.01. The maximum Gasteiger partial charge on any atom is 0.159 e. The van der Waals surface area contributed by atoms with Crippen LogP contribution >= 0.6 is 0 Å². The van der Waals surface area contributed by atoms with E-state index in [-0.39, 0.29) is 0 Å². The van der Waals surface area contributed by atoms with Crippen molar-refractivity contribution in [3.05, 3.63) is 237 Å². The molecule has 0 amide bonds. The van der Waals surface area contributed by atoms with Gasteiger partial charge in [-0.15, -0.1) is 0 Å². The van der Waals surface area contributed by atoms with Gasteiger partial charge in [-0.3, -0.25) is 0 Å². The molecule has 1 heterocycles. The molecule has 0 spiro atoms. The van der Waals surface area contributed by atoms with Crippen molar-refractivity contribution in [3.8, 4) is 44.5 Å². The molecule has 2 nitrogen and oxygen atoms in total. The van der Waals surface area contributed by atoms with Gasteiger partial charge in [0, 0.05) is 27.5 Å². The summed E-state index contributed by atoms with van der Waals surface area (Å²) in [6.07, 6.45) is 0. The van der Waals surface area contributed by atoms with Crippen LogP contribution in [-0.2, 0) is 0 Å². The van der Waals surface area contributed by atoms with Crippen LogP contribution in [0.15, 0.2) is 241 Å². The second kappa shape index (κ2) is 14.8. The summed E-state index contributed by atoms with van der Waals surface area (Å²) in [6, 6.07) is 85.4. The molecule has 1 aromatic heterocycles.